The molecular weight excluding hydrogens is 469 g/mol. The summed E-state index contributed by atoms with van der Waals surface area (Å²) in [5.41, 5.74) is 1.15. The fourth-order valence-electron chi connectivity index (χ4n) is 2.31. The molecule has 0 saturated heterocycles. The van der Waals surface area contributed by atoms with Crippen LogP contribution in [0.25, 0.3) is 0 Å². The van der Waals surface area contributed by atoms with Gasteiger partial charge >= 0.3 is 0 Å². The van der Waals surface area contributed by atoms with Crippen molar-refractivity contribution in [3.05, 3.63) is 51.4 Å². The van der Waals surface area contributed by atoms with E-state index in [4.69, 9.17) is 11.6 Å². The Bertz CT molecular complexity index is 631. The summed E-state index contributed by atoms with van der Waals surface area (Å²) in [6, 6.07) is 8.38. The van der Waals surface area contributed by atoms with Crippen LogP contribution in [0.5, 0.6) is 0 Å². The second-order valence-electron chi connectivity index (χ2n) is 5.61. The van der Waals surface area contributed by atoms with E-state index in [1.807, 2.05) is 12.1 Å². The number of halogens is 2. The molecule has 0 spiro atoms. The van der Waals surface area contributed by atoms with Crippen LogP contribution in [0.3, 0.4) is 0 Å². The molecule has 0 saturated carbocycles. The predicted octanol–water partition coefficient (Wildman–Crippen LogP) is 3.42. The van der Waals surface area contributed by atoms with Crippen molar-refractivity contribution in [1.82, 2.24) is 20.5 Å². The number of pyridine rings is 1. The Labute approximate surface area is 175 Å². The van der Waals surface area contributed by atoms with E-state index in [-0.39, 0.29) is 24.0 Å². The van der Waals surface area contributed by atoms with E-state index < -0.39 is 0 Å². The van der Waals surface area contributed by atoms with Crippen molar-refractivity contribution in [3.63, 3.8) is 0 Å². The minimum absolute atomic E-state index is 0. The number of nitrogens with zero attached hydrogens (tertiary/aromatic N) is 3. The van der Waals surface area contributed by atoms with E-state index in [9.17, 15) is 0 Å². The molecule has 2 aromatic rings. The summed E-state index contributed by atoms with van der Waals surface area (Å²) in [5.74, 6) is 0.806. The van der Waals surface area contributed by atoms with Gasteiger partial charge < -0.3 is 15.5 Å². The molecule has 0 aliphatic carbocycles. The third kappa shape index (κ3) is 7.47. The quantitative estimate of drug-likeness (QED) is 0.269. The Morgan fingerprint density at radius 2 is 2.12 bits per heavy atom. The maximum absolute atomic E-state index is 5.80. The van der Waals surface area contributed by atoms with Gasteiger partial charge in [-0.1, -0.05) is 23.7 Å². The van der Waals surface area contributed by atoms with Gasteiger partial charge in [0.1, 0.15) is 5.15 Å². The molecule has 1 atom stereocenters. The molecule has 2 aromatic heterocycles. The Morgan fingerprint density at radius 3 is 2.68 bits per heavy atom. The molecule has 0 fully saturated rings. The molecule has 25 heavy (non-hydrogen) atoms. The predicted molar refractivity (Wildman–Crippen MR) is 118 cm³/mol. The molecular formula is C17H25ClIN5S. The number of rotatable bonds is 7. The van der Waals surface area contributed by atoms with Crippen molar-refractivity contribution < 1.29 is 0 Å². The van der Waals surface area contributed by atoms with Crippen LogP contribution in [0, 0.1) is 0 Å². The van der Waals surface area contributed by atoms with Gasteiger partial charge in [-0.25, -0.2) is 4.98 Å². The number of thiophene rings is 1. The van der Waals surface area contributed by atoms with Crippen molar-refractivity contribution in [2.75, 3.05) is 34.2 Å². The highest BCUT2D eigenvalue weighted by Gasteiger charge is 2.15. The summed E-state index contributed by atoms with van der Waals surface area (Å²) in [5, 5.41) is 9.37. The van der Waals surface area contributed by atoms with Gasteiger partial charge in [0.05, 0.1) is 6.04 Å². The van der Waals surface area contributed by atoms with Gasteiger partial charge in [0.2, 0.25) is 0 Å². The van der Waals surface area contributed by atoms with Gasteiger partial charge in [0.15, 0.2) is 5.96 Å². The summed E-state index contributed by atoms with van der Waals surface area (Å²) >= 11 is 7.57. The summed E-state index contributed by atoms with van der Waals surface area (Å²) in [6.07, 6.45) is 2.67. The Kier molecular flexibility index (Phi) is 10.3. The molecule has 2 rings (SSSR count). The summed E-state index contributed by atoms with van der Waals surface area (Å²) in [7, 11) is 5.97. The standard InChI is InChI=1S/C17H24ClN5S.HI/c1-19-17(20-9-8-13-6-7-16(18)21-11-13)22-12-14(23(2)3)15-5-4-10-24-15;/h4-7,10-11,14H,8-9,12H2,1-3H3,(H2,19,20,22);1H. The van der Waals surface area contributed by atoms with Gasteiger partial charge in [-0.05, 0) is 43.6 Å². The van der Waals surface area contributed by atoms with Crippen LogP contribution in [0.4, 0.5) is 0 Å². The van der Waals surface area contributed by atoms with Gasteiger partial charge in [-0.2, -0.15) is 0 Å². The SMILES string of the molecule is CN=C(NCCc1ccc(Cl)nc1)NCC(c1cccs1)N(C)C.I. The van der Waals surface area contributed by atoms with E-state index in [0.29, 0.717) is 11.2 Å². The van der Waals surface area contributed by atoms with E-state index in [0.717, 1.165) is 31.0 Å². The second kappa shape index (κ2) is 11.7. The van der Waals surface area contributed by atoms with E-state index in [1.54, 1.807) is 24.6 Å². The molecule has 2 N–H and O–H groups in total. The zero-order valence-electron chi connectivity index (χ0n) is 14.7. The molecule has 0 bridgehead atoms. The highest BCUT2D eigenvalue weighted by molar-refractivity contribution is 14.0. The van der Waals surface area contributed by atoms with Gasteiger partial charge in [0, 0.05) is 31.2 Å². The molecule has 5 nitrogen and oxygen atoms in total. The van der Waals surface area contributed by atoms with Crippen LogP contribution in [0.1, 0.15) is 16.5 Å². The van der Waals surface area contributed by atoms with Crippen LogP contribution in [0.15, 0.2) is 40.8 Å². The summed E-state index contributed by atoms with van der Waals surface area (Å²) in [4.78, 5) is 11.9. The lowest BCUT2D eigenvalue weighted by atomic mass is 10.2. The van der Waals surface area contributed by atoms with Crippen molar-refractivity contribution in [2.24, 2.45) is 4.99 Å². The topological polar surface area (TPSA) is 52.6 Å². The molecule has 8 heteroatoms. The van der Waals surface area contributed by atoms with Crippen LogP contribution in [-0.4, -0.2) is 50.1 Å². The lowest BCUT2D eigenvalue weighted by Gasteiger charge is -2.24. The minimum Gasteiger partial charge on any atom is -0.356 e. The third-order valence-electron chi connectivity index (χ3n) is 3.68. The first-order valence-electron chi connectivity index (χ1n) is 7.85. The number of hydrogen-bond acceptors (Lipinski definition) is 4. The lowest BCUT2D eigenvalue weighted by molar-refractivity contribution is 0.302. The Hall–Kier alpha value is -0.900. The van der Waals surface area contributed by atoms with Gasteiger partial charge in [-0.15, -0.1) is 35.3 Å². The molecule has 2 heterocycles. The molecule has 1 unspecified atom stereocenters. The fraction of sp³-hybridized carbons (Fsp3) is 0.412. The van der Waals surface area contributed by atoms with Crippen LogP contribution in [-0.2, 0) is 6.42 Å². The number of likely N-dealkylation sites (N-methyl/N-ethyl adjacent to an activating group) is 1. The second-order valence-corrected chi connectivity index (χ2v) is 6.98. The Morgan fingerprint density at radius 1 is 1.32 bits per heavy atom. The first-order chi connectivity index (χ1) is 11.6. The summed E-state index contributed by atoms with van der Waals surface area (Å²) < 4.78 is 0. The summed E-state index contributed by atoms with van der Waals surface area (Å²) in [6.45, 7) is 1.59. The zero-order valence-corrected chi connectivity index (χ0v) is 18.6. The van der Waals surface area contributed by atoms with E-state index in [1.165, 1.54) is 4.88 Å². The largest absolute Gasteiger partial charge is 0.356 e. The Balaban J connectivity index is 0.00000312. The van der Waals surface area contributed by atoms with Crippen LogP contribution in [0.2, 0.25) is 5.15 Å². The lowest BCUT2D eigenvalue weighted by Crippen LogP contribution is -2.42. The highest BCUT2D eigenvalue weighted by Crippen LogP contribution is 2.22. The highest BCUT2D eigenvalue weighted by atomic mass is 127. The average Bonchev–Trinajstić information content (AvgIpc) is 3.09. The smallest absolute Gasteiger partial charge is 0.191 e. The van der Waals surface area contributed by atoms with E-state index >= 15 is 0 Å². The maximum Gasteiger partial charge on any atom is 0.191 e. The van der Waals surface area contributed by atoms with E-state index in [2.05, 4.69) is 57.1 Å². The monoisotopic (exact) mass is 493 g/mol. The molecule has 0 aliphatic rings. The van der Waals surface area contributed by atoms with Crippen LogP contribution >= 0.6 is 46.9 Å². The number of nitrogens with one attached hydrogen (secondary N) is 2. The maximum atomic E-state index is 5.80. The van der Waals surface area contributed by atoms with Crippen molar-refractivity contribution in [2.45, 2.75) is 12.5 Å². The fourth-order valence-corrected chi connectivity index (χ4v) is 3.35. The van der Waals surface area contributed by atoms with Gasteiger partial charge in [-0.3, -0.25) is 4.99 Å². The van der Waals surface area contributed by atoms with Crippen molar-refractivity contribution in [1.29, 1.82) is 0 Å². The molecule has 138 valence electrons. The van der Waals surface area contributed by atoms with Crippen molar-refractivity contribution >= 4 is 52.9 Å². The molecule has 0 radical (unpaired) electrons. The van der Waals surface area contributed by atoms with Crippen molar-refractivity contribution in [3.8, 4) is 0 Å². The van der Waals surface area contributed by atoms with Crippen LogP contribution < -0.4 is 10.6 Å². The normalized spacial score (nSPS) is 12.6. The molecule has 0 aliphatic heterocycles. The first-order valence-corrected chi connectivity index (χ1v) is 9.10. The first kappa shape index (κ1) is 22.1. The molecule has 0 aromatic carbocycles. The average molecular weight is 494 g/mol. The minimum atomic E-state index is 0. The number of aromatic nitrogens is 1. The molecule has 0 amide bonds. The zero-order chi connectivity index (χ0) is 17.4. The number of guanidine groups is 1. The number of aliphatic imine (C=N–C) groups is 1. The third-order valence-corrected chi connectivity index (χ3v) is 4.87. The van der Waals surface area contributed by atoms with Gasteiger partial charge in [0.25, 0.3) is 0 Å². The number of hydrogen-bond donors (Lipinski definition) is 2.